The van der Waals surface area contributed by atoms with Crippen molar-refractivity contribution >= 4 is 0 Å². The van der Waals surface area contributed by atoms with E-state index in [1.54, 1.807) is 4.68 Å². The van der Waals surface area contributed by atoms with E-state index in [0.29, 0.717) is 25.7 Å². The van der Waals surface area contributed by atoms with E-state index in [1.165, 1.54) is 5.56 Å². The lowest BCUT2D eigenvalue weighted by molar-refractivity contribution is 0.0263. The molecule has 0 aliphatic heterocycles. The van der Waals surface area contributed by atoms with Crippen LogP contribution in [0, 0.1) is 5.92 Å². The first-order chi connectivity index (χ1) is 8.58. The van der Waals surface area contributed by atoms with Gasteiger partial charge in [0.1, 0.15) is 0 Å². The van der Waals surface area contributed by atoms with Gasteiger partial charge in [-0.3, -0.25) is 4.68 Å². The third-order valence-electron chi connectivity index (χ3n) is 2.49. The predicted molar refractivity (Wildman–Crippen MR) is 71.4 cm³/mol. The molecule has 18 heavy (non-hydrogen) atoms. The van der Waals surface area contributed by atoms with Crippen molar-refractivity contribution in [3.8, 4) is 0 Å². The lowest BCUT2D eigenvalue weighted by Crippen LogP contribution is -2.32. The summed E-state index contributed by atoms with van der Waals surface area (Å²) in [6.07, 6.45) is 4.36. The highest BCUT2D eigenvalue weighted by Gasteiger charge is 2.04. The molecule has 1 unspecified atom stereocenters. The number of aliphatic hydroxyl groups excluding tert-OH is 1. The molecular formula is C13H25N3O2. The fraction of sp³-hybridized carbons (Fsp3) is 0.769. The van der Waals surface area contributed by atoms with Gasteiger partial charge in [0.15, 0.2) is 0 Å². The molecule has 5 heteroatoms. The molecule has 0 aromatic carbocycles. The maximum atomic E-state index is 9.66. The van der Waals surface area contributed by atoms with E-state index in [4.69, 9.17) is 4.74 Å². The zero-order valence-electron chi connectivity index (χ0n) is 11.6. The summed E-state index contributed by atoms with van der Waals surface area (Å²) >= 11 is 0. The van der Waals surface area contributed by atoms with Gasteiger partial charge in [-0.1, -0.05) is 13.8 Å². The van der Waals surface area contributed by atoms with Crippen LogP contribution in [0.25, 0.3) is 0 Å². The molecule has 1 atom stereocenters. The largest absolute Gasteiger partial charge is 0.389 e. The number of hydrogen-bond donors (Lipinski definition) is 2. The molecule has 0 aliphatic rings. The number of aryl methyl sites for hydroxylation is 1. The minimum atomic E-state index is -0.433. The summed E-state index contributed by atoms with van der Waals surface area (Å²) in [4.78, 5) is 0. The first kappa shape index (κ1) is 15.1. The van der Waals surface area contributed by atoms with Crippen molar-refractivity contribution in [2.45, 2.75) is 26.4 Å². The summed E-state index contributed by atoms with van der Waals surface area (Å²) in [6, 6.07) is 0. The van der Waals surface area contributed by atoms with Crippen LogP contribution < -0.4 is 5.32 Å². The number of rotatable bonds is 9. The molecule has 0 saturated heterocycles. The molecule has 0 saturated carbocycles. The van der Waals surface area contributed by atoms with Crippen LogP contribution in [0.4, 0.5) is 0 Å². The summed E-state index contributed by atoms with van der Waals surface area (Å²) in [5, 5.41) is 17.0. The molecule has 1 rings (SSSR count). The summed E-state index contributed by atoms with van der Waals surface area (Å²) in [5.74, 6) is 0.510. The summed E-state index contributed by atoms with van der Waals surface area (Å²) < 4.78 is 7.17. The van der Waals surface area contributed by atoms with Crippen molar-refractivity contribution < 1.29 is 9.84 Å². The Hall–Kier alpha value is -0.910. The minimum Gasteiger partial charge on any atom is -0.389 e. The zero-order chi connectivity index (χ0) is 13.4. The first-order valence-electron chi connectivity index (χ1n) is 6.52. The summed E-state index contributed by atoms with van der Waals surface area (Å²) in [6.45, 7) is 6.70. The third-order valence-corrected chi connectivity index (χ3v) is 2.49. The Balaban J connectivity index is 2.00. The number of nitrogens with one attached hydrogen (secondary N) is 1. The van der Waals surface area contributed by atoms with Crippen LogP contribution >= 0.6 is 0 Å². The fourth-order valence-corrected chi connectivity index (χ4v) is 1.60. The summed E-state index contributed by atoms with van der Waals surface area (Å²) in [5.41, 5.74) is 1.20. The normalized spacial score (nSPS) is 13.2. The van der Waals surface area contributed by atoms with Gasteiger partial charge in [0.2, 0.25) is 0 Å². The smallest absolute Gasteiger partial charge is 0.0897 e. The molecule has 104 valence electrons. The van der Waals surface area contributed by atoms with Crippen molar-refractivity contribution in [1.82, 2.24) is 15.1 Å². The Bertz CT molecular complexity index is 326. The monoisotopic (exact) mass is 255 g/mol. The van der Waals surface area contributed by atoms with Crippen LogP contribution in [0.1, 0.15) is 19.4 Å². The Morgan fingerprint density at radius 3 is 2.83 bits per heavy atom. The zero-order valence-corrected chi connectivity index (χ0v) is 11.6. The number of nitrogens with zero attached hydrogens (tertiary/aromatic N) is 2. The van der Waals surface area contributed by atoms with Gasteiger partial charge in [-0.25, -0.2) is 0 Å². The number of ether oxygens (including phenoxy) is 1. The van der Waals surface area contributed by atoms with E-state index < -0.39 is 6.10 Å². The van der Waals surface area contributed by atoms with Gasteiger partial charge in [-0.15, -0.1) is 0 Å². The van der Waals surface area contributed by atoms with Crippen molar-refractivity contribution in [3.05, 3.63) is 18.0 Å². The molecule has 0 radical (unpaired) electrons. The van der Waals surface area contributed by atoms with E-state index in [2.05, 4.69) is 24.3 Å². The van der Waals surface area contributed by atoms with Gasteiger partial charge < -0.3 is 15.2 Å². The molecule has 0 fully saturated rings. The highest BCUT2D eigenvalue weighted by molar-refractivity contribution is 5.03. The molecule has 2 N–H and O–H groups in total. The van der Waals surface area contributed by atoms with Crippen molar-refractivity contribution in [3.63, 3.8) is 0 Å². The Labute approximate surface area is 109 Å². The Morgan fingerprint density at radius 1 is 1.44 bits per heavy atom. The molecular weight excluding hydrogens is 230 g/mol. The van der Waals surface area contributed by atoms with E-state index in [9.17, 15) is 5.11 Å². The van der Waals surface area contributed by atoms with Crippen LogP contribution in [-0.4, -0.2) is 47.3 Å². The van der Waals surface area contributed by atoms with Crippen LogP contribution in [0.3, 0.4) is 0 Å². The highest BCUT2D eigenvalue weighted by atomic mass is 16.5. The number of aliphatic hydroxyl groups is 1. The molecule has 0 aliphatic carbocycles. The van der Waals surface area contributed by atoms with Gasteiger partial charge >= 0.3 is 0 Å². The van der Waals surface area contributed by atoms with E-state index in [-0.39, 0.29) is 0 Å². The Kier molecular flexibility index (Phi) is 6.93. The number of aromatic nitrogens is 2. The van der Waals surface area contributed by atoms with Crippen molar-refractivity contribution in [2.75, 3.05) is 26.3 Å². The minimum absolute atomic E-state index is 0.401. The second-order valence-corrected chi connectivity index (χ2v) is 5.06. The number of hydrogen-bond acceptors (Lipinski definition) is 4. The lowest BCUT2D eigenvalue weighted by Gasteiger charge is -2.13. The van der Waals surface area contributed by atoms with Crippen molar-refractivity contribution in [1.29, 1.82) is 0 Å². The lowest BCUT2D eigenvalue weighted by atomic mass is 10.2. The van der Waals surface area contributed by atoms with Gasteiger partial charge in [-0.05, 0) is 24.4 Å². The van der Waals surface area contributed by atoms with Crippen molar-refractivity contribution in [2.24, 2.45) is 13.0 Å². The molecule has 1 aromatic heterocycles. The fourth-order valence-electron chi connectivity index (χ4n) is 1.60. The molecule has 5 nitrogen and oxygen atoms in total. The highest BCUT2D eigenvalue weighted by Crippen LogP contribution is 1.96. The van der Waals surface area contributed by atoms with Gasteiger partial charge in [0.05, 0.1) is 18.9 Å². The molecule has 0 bridgehead atoms. The van der Waals surface area contributed by atoms with Gasteiger partial charge in [-0.2, -0.15) is 5.10 Å². The second-order valence-electron chi connectivity index (χ2n) is 5.06. The standard InChI is InChI=1S/C13H25N3O2/c1-11(2)9-18-10-13(17)7-14-5-4-12-6-15-16(3)8-12/h6,8,11,13-14,17H,4-5,7,9-10H2,1-3H3. The molecule has 0 spiro atoms. The topological polar surface area (TPSA) is 59.3 Å². The quantitative estimate of drug-likeness (QED) is 0.634. The summed E-state index contributed by atoms with van der Waals surface area (Å²) in [7, 11) is 1.91. The SMILES string of the molecule is CC(C)COCC(O)CNCCc1cnn(C)c1. The van der Waals surface area contributed by atoms with E-state index in [0.717, 1.165) is 13.0 Å². The Morgan fingerprint density at radius 2 is 2.22 bits per heavy atom. The molecule has 1 heterocycles. The molecule has 1 aromatic rings. The average Bonchev–Trinajstić information content (AvgIpc) is 2.70. The maximum Gasteiger partial charge on any atom is 0.0897 e. The van der Waals surface area contributed by atoms with Crippen LogP contribution in [0.15, 0.2) is 12.4 Å². The second kappa shape index (κ2) is 8.24. The van der Waals surface area contributed by atoms with E-state index >= 15 is 0 Å². The maximum absolute atomic E-state index is 9.66. The van der Waals surface area contributed by atoms with Crippen LogP contribution in [0.5, 0.6) is 0 Å². The van der Waals surface area contributed by atoms with Gasteiger partial charge in [0.25, 0.3) is 0 Å². The van der Waals surface area contributed by atoms with Crippen LogP contribution in [-0.2, 0) is 18.2 Å². The average molecular weight is 255 g/mol. The first-order valence-corrected chi connectivity index (χ1v) is 6.52. The van der Waals surface area contributed by atoms with Crippen LogP contribution in [0.2, 0.25) is 0 Å². The predicted octanol–water partition coefficient (Wildman–Crippen LogP) is 0.586. The molecule has 0 amide bonds. The van der Waals surface area contributed by atoms with Gasteiger partial charge in [0, 0.05) is 26.4 Å². The van der Waals surface area contributed by atoms with E-state index in [1.807, 2.05) is 19.4 Å². The third kappa shape index (κ3) is 6.74.